The van der Waals surface area contributed by atoms with E-state index in [1.165, 1.54) is 51.4 Å². The average molecular weight is 369 g/mol. The molecule has 0 aromatic heterocycles. The fourth-order valence-corrected chi connectivity index (χ4v) is 8.84. The molecule has 0 aliphatic heterocycles. The highest BCUT2D eigenvalue weighted by atomic mass is 14.6. The molecule has 0 spiro atoms. The van der Waals surface area contributed by atoms with E-state index in [0.717, 1.165) is 41.9 Å². The van der Waals surface area contributed by atoms with Crippen molar-refractivity contribution < 1.29 is 0 Å². The van der Waals surface area contributed by atoms with Gasteiger partial charge in [0.05, 0.1) is 0 Å². The van der Waals surface area contributed by atoms with Gasteiger partial charge in [0, 0.05) is 12.3 Å². The maximum absolute atomic E-state index is 3.52. The maximum atomic E-state index is 3.52. The first kappa shape index (κ1) is 19.9. The van der Waals surface area contributed by atoms with Crippen LogP contribution >= 0.6 is 0 Å². The van der Waals surface area contributed by atoms with Crippen LogP contribution in [-0.4, -0.2) is 0 Å². The van der Waals surface area contributed by atoms with Crippen LogP contribution in [-0.2, 0) is 0 Å². The molecule has 0 amide bonds. The van der Waals surface area contributed by atoms with Crippen molar-refractivity contribution >= 4 is 0 Å². The third-order valence-electron chi connectivity index (χ3n) is 10.2. The minimum absolute atomic E-state index is 0.519. The smallest absolute Gasteiger partial charge is 0.0146 e. The normalized spacial score (nSPS) is 47.4. The van der Waals surface area contributed by atoms with Crippen LogP contribution in [0.15, 0.2) is 0 Å². The van der Waals surface area contributed by atoms with Gasteiger partial charge in [-0.3, -0.25) is 0 Å². The lowest BCUT2D eigenvalue weighted by Gasteiger charge is -2.60. The molecule has 4 saturated carbocycles. The number of hydrogen-bond acceptors (Lipinski definition) is 0. The van der Waals surface area contributed by atoms with Crippen LogP contribution in [0, 0.1) is 64.1 Å². The van der Waals surface area contributed by atoms with E-state index in [-0.39, 0.29) is 0 Å². The van der Waals surface area contributed by atoms with Crippen molar-refractivity contribution in [3.63, 3.8) is 0 Å². The lowest BCUT2D eigenvalue weighted by atomic mass is 9.44. The molecule has 4 aliphatic rings. The van der Waals surface area contributed by atoms with Crippen molar-refractivity contribution in [1.29, 1.82) is 0 Å². The summed E-state index contributed by atoms with van der Waals surface area (Å²) < 4.78 is 0. The topological polar surface area (TPSA) is 0 Å². The summed E-state index contributed by atoms with van der Waals surface area (Å²) in [4.78, 5) is 0. The van der Waals surface area contributed by atoms with Gasteiger partial charge in [-0.25, -0.2) is 0 Å². The van der Waals surface area contributed by atoms with Crippen LogP contribution in [0.4, 0.5) is 0 Å². The summed E-state index contributed by atoms with van der Waals surface area (Å²) in [5, 5.41) is 0. The lowest BCUT2D eigenvalue weighted by Crippen LogP contribution is -2.53. The van der Waals surface area contributed by atoms with Crippen molar-refractivity contribution in [3.05, 3.63) is 0 Å². The summed E-state index contributed by atoms with van der Waals surface area (Å²) in [6.45, 7) is 12.4. The largest absolute Gasteiger partial charge is 0.103 e. The summed E-state index contributed by atoms with van der Waals surface area (Å²) in [6.07, 6.45) is 16.4. The van der Waals surface area contributed by atoms with Crippen molar-refractivity contribution in [2.45, 2.75) is 105 Å². The Bertz CT molecular complexity index is 591. The fourth-order valence-electron chi connectivity index (χ4n) is 8.84. The van der Waals surface area contributed by atoms with E-state index in [1.54, 1.807) is 12.8 Å². The van der Waals surface area contributed by atoms with Gasteiger partial charge >= 0.3 is 0 Å². The summed E-state index contributed by atoms with van der Waals surface area (Å²) in [7, 11) is 0. The molecule has 0 aromatic carbocycles. The third-order valence-corrected chi connectivity index (χ3v) is 10.2. The zero-order valence-electron chi connectivity index (χ0n) is 18.8. The Morgan fingerprint density at radius 2 is 1.59 bits per heavy atom. The highest BCUT2D eigenvalue weighted by molar-refractivity contribution is 5.10. The molecule has 0 N–H and O–H groups in total. The minimum atomic E-state index is 0.519. The maximum Gasteiger partial charge on any atom is 0.0146 e. The van der Waals surface area contributed by atoms with Crippen LogP contribution in [0.5, 0.6) is 0 Å². The van der Waals surface area contributed by atoms with Gasteiger partial charge < -0.3 is 0 Å². The van der Waals surface area contributed by atoms with Crippen LogP contribution in [0.1, 0.15) is 105 Å². The third kappa shape index (κ3) is 3.30. The number of fused-ring (bicyclic) bond motifs is 5. The predicted molar refractivity (Wildman–Crippen MR) is 116 cm³/mol. The molecule has 0 bridgehead atoms. The van der Waals surface area contributed by atoms with Crippen molar-refractivity contribution in [2.24, 2.45) is 52.3 Å². The molecule has 4 rings (SSSR count). The molecule has 4 fully saturated rings. The highest BCUT2D eigenvalue weighted by Gasteiger charge is 2.59. The van der Waals surface area contributed by atoms with Gasteiger partial charge in [-0.2, -0.15) is 0 Å². The second kappa shape index (κ2) is 7.43. The highest BCUT2D eigenvalue weighted by Crippen LogP contribution is 2.68. The molecule has 152 valence electrons. The Labute approximate surface area is 169 Å². The van der Waals surface area contributed by atoms with Gasteiger partial charge in [0.2, 0.25) is 0 Å². The van der Waals surface area contributed by atoms with E-state index in [0.29, 0.717) is 16.7 Å². The molecule has 0 aromatic rings. The van der Waals surface area contributed by atoms with Gasteiger partial charge in [0.25, 0.3) is 0 Å². The molecule has 0 heterocycles. The monoisotopic (exact) mass is 368 g/mol. The molecule has 0 radical (unpaired) electrons. The summed E-state index contributed by atoms with van der Waals surface area (Å²) >= 11 is 0. The Kier molecular flexibility index (Phi) is 5.46. The van der Waals surface area contributed by atoms with Crippen LogP contribution in [0.3, 0.4) is 0 Å². The van der Waals surface area contributed by atoms with Crippen molar-refractivity contribution in [3.8, 4) is 11.8 Å². The minimum Gasteiger partial charge on any atom is -0.103 e. The number of hydrogen-bond donors (Lipinski definition) is 0. The molecule has 4 aliphatic carbocycles. The number of rotatable bonds is 2. The molecule has 0 heteroatoms. The van der Waals surface area contributed by atoms with Crippen LogP contribution < -0.4 is 0 Å². The predicted octanol–water partition coefficient (Wildman–Crippen LogP) is 7.72. The van der Waals surface area contributed by atoms with Crippen LogP contribution in [0.2, 0.25) is 0 Å². The SMILES string of the molecule is CC(C)C#CC[C@@H](C)[C@H]1CC[C@H]2[C@@H]3CCC4CCCC[C@]4(C)[C@H]3CC[C@]12C. The standard InChI is InChI=1S/C27H44/c1-19(2)9-8-10-20(3)23-14-15-24-22-13-12-21-11-6-7-17-26(21,4)25(22)16-18-27(23,24)5/h19-25H,6-7,10-18H2,1-5H3/t20-,21?,22+,23-,24+,25+,26+,27-/m1/s1. The van der Waals surface area contributed by atoms with E-state index in [1.807, 2.05) is 0 Å². The second-order valence-electron chi connectivity index (χ2n) is 11.8. The van der Waals surface area contributed by atoms with Gasteiger partial charge in [0.1, 0.15) is 0 Å². The molecule has 1 unspecified atom stereocenters. The second-order valence-corrected chi connectivity index (χ2v) is 11.8. The van der Waals surface area contributed by atoms with E-state index in [2.05, 4.69) is 46.5 Å². The molecular formula is C27H44. The zero-order chi connectivity index (χ0) is 19.2. The average Bonchev–Trinajstić information content (AvgIpc) is 2.98. The van der Waals surface area contributed by atoms with Gasteiger partial charge in [-0.05, 0) is 97.7 Å². The van der Waals surface area contributed by atoms with Crippen LogP contribution in [0.25, 0.3) is 0 Å². The Morgan fingerprint density at radius 1 is 0.815 bits per heavy atom. The quantitative estimate of drug-likeness (QED) is 0.438. The van der Waals surface area contributed by atoms with Crippen molar-refractivity contribution in [2.75, 3.05) is 0 Å². The fraction of sp³-hybridized carbons (Fsp3) is 0.926. The first-order valence-electron chi connectivity index (χ1n) is 12.3. The Balaban J connectivity index is 1.50. The Hall–Kier alpha value is -0.440. The summed E-state index contributed by atoms with van der Waals surface area (Å²) in [5.41, 5.74) is 1.30. The summed E-state index contributed by atoms with van der Waals surface area (Å²) in [5.74, 6) is 13.3. The first-order valence-corrected chi connectivity index (χ1v) is 12.3. The van der Waals surface area contributed by atoms with Gasteiger partial charge in [0.15, 0.2) is 0 Å². The molecular weight excluding hydrogens is 324 g/mol. The van der Waals surface area contributed by atoms with E-state index in [4.69, 9.17) is 0 Å². The van der Waals surface area contributed by atoms with E-state index < -0.39 is 0 Å². The molecule has 8 atom stereocenters. The van der Waals surface area contributed by atoms with E-state index in [9.17, 15) is 0 Å². The molecule has 27 heavy (non-hydrogen) atoms. The first-order chi connectivity index (χ1) is 12.9. The van der Waals surface area contributed by atoms with Gasteiger partial charge in [-0.1, -0.05) is 47.5 Å². The Morgan fingerprint density at radius 3 is 2.37 bits per heavy atom. The van der Waals surface area contributed by atoms with E-state index >= 15 is 0 Å². The molecule has 0 saturated heterocycles. The zero-order valence-corrected chi connectivity index (χ0v) is 18.8. The van der Waals surface area contributed by atoms with Crippen molar-refractivity contribution in [1.82, 2.24) is 0 Å². The summed E-state index contributed by atoms with van der Waals surface area (Å²) in [6, 6.07) is 0. The molecule has 0 nitrogen and oxygen atoms in total. The van der Waals surface area contributed by atoms with Gasteiger partial charge in [-0.15, -0.1) is 11.8 Å². The lowest BCUT2D eigenvalue weighted by molar-refractivity contribution is -0.114.